The molecule has 2 aromatic carbocycles. The van der Waals surface area contributed by atoms with Gasteiger partial charge in [0, 0.05) is 160 Å². The first-order valence-corrected chi connectivity index (χ1v) is 46.2. The van der Waals surface area contributed by atoms with Gasteiger partial charge in [0.1, 0.15) is 50.5 Å². The number of nitrogens with two attached hydrogens (primary N) is 2. The molecule has 7 aliphatic heterocycles. The smallest absolute Gasteiger partial charge is 0.309 e. The van der Waals surface area contributed by atoms with E-state index in [0.29, 0.717) is 159 Å². The van der Waals surface area contributed by atoms with Gasteiger partial charge in [0.2, 0.25) is 23.5 Å². The quantitative estimate of drug-likeness (QED) is 0.0771. The van der Waals surface area contributed by atoms with Gasteiger partial charge in [-0.25, -0.2) is 18.7 Å². The summed E-state index contributed by atoms with van der Waals surface area (Å²) in [6, 6.07) is 17.1. The molecule has 10 aromatic rings. The first kappa shape index (κ1) is 80.0. The molecule has 29 nitrogen and oxygen atoms in total. The largest absolute Gasteiger partial charge is 0.490 e. The number of hydrogen-bond donors (Lipinski definition) is 3. The molecule has 7 saturated heterocycles. The van der Waals surface area contributed by atoms with Crippen LogP contribution in [0.25, 0.3) is 55.2 Å². The normalized spacial score (nSPS) is 20.8. The van der Waals surface area contributed by atoms with Gasteiger partial charge in [-0.15, -0.1) is 10.2 Å². The summed E-state index contributed by atoms with van der Waals surface area (Å²) in [5, 5.41) is 17.7. The standard InChI is InChI=1S/2C27H29FN8O4S2.C6H12O3S2.C5H10OS.C5H8OS/c2*28-19-16-18(40-17-5-14-42(38)15-6-17)3-4-20(19)34-10-7-33(8-11-34)9-12-35-24-22(41-27(35)37)25-30-23(21-2-1-13-39-21)32-36(25)26(29)31-24;1-11(7,8)9-6-2-4-10-5-3-6;2*6-5-1-3-7-4-2-5/h2*1-4,13,16-17H,5-12,14-15H2,(H2,29,31);6H,2-5H2,1H3;5-6H,1-4H2;1-4H2. The van der Waals surface area contributed by atoms with Crippen LogP contribution in [-0.2, 0) is 53.8 Å². The average Bonchev–Trinajstić information content (AvgIpc) is 1.60. The molecule has 0 spiro atoms. The van der Waals surface area contributed by atoms with Crippen LogP contribution in [0.2, 0.25) is 0 Å². The summed E-state index contributed by atoms with van der Waals surface area (Å²) >= 11 is 7.80. The molecule has 0 bridgehead atoms. The van der Waals surface area contributed by atoms with Gasteiger partial charge < -0.3 is 44.7 Å². The van der Waals surface area contributed by atoms with E-state index in [1.165, 1.54) is 21.2 Å². The summed E-state index contributed by atoms with van der Waals surface area (Å²) in [5.41, 5.74) is 15.4. The highest BCUT2D eigenvalue weighted by molar-refractivity contribution is 7.99. The van der Waals surface area contributed by atoms with Gasteiger partial charge in [0.25, 0.3) is 10.1 Å². The number of rotatable bonds is 16. The number of carbonyl (C=O) groups is 1. The Bertz CT molecular complexity index is 4720. The van der Waals surface area contributed by atoms with Gasteiger partial charge >= 0.3 is 9.75 Å². The van der Waals surface area contributed by atoms with Crippen molar-refractivity contribution in [2.45, 2.75) is 102 Å². The molecule has 7 fully saturated rings. The van der Waals surface area contributed by atoms with Gasteiger partial charge in [-0.1, -0.05) is 22.7 Å². The predicted octanol–water partition coefficient (Wildman–Crippen LogP) is 8.00. The van der Waals surface area contributed by atoms with E-state index in [4.69, 9.17) is 39.1 Å². The third-order valence-electron chi connectivity index (χ3n) is 19.3. The number of furan rings is 2. The monoisotopic (exact) mass is 1650 g/mol. The second-order valence-electron chi connectivity index (χ2n) is 26.9. The van der Waals surface area contributed by atoms with Crippen LogP contribution in [0.3, 0.4) is 0 Å². The number of thiazole rings is 2. The molecule has 0 radical (unpaired) electrons. The van der Waals surface area contributed by atoms with Crippen molar-refractivity contribution in [1.29, 1.82) is 0 Å². The molecule has 5 N–H and O–H groups in total. The van der Waals surface area contributed by atoms with Gasteiger partial charge in [0.15, 0.2) is 34.1 Å². The zero-order valence-corrected chi connectivity index (χ0v) is 66.7. The fourth-order valence-electron chi connectivity index (χ4n) is 13.3. The lowest BCUT2D eigenvalue weighted by Crippen LogP contribution is -2.47. The lowest BCUT2D eigenvalue weighted by molar-refractivity contribution is -0.118. The zero-order valence-electron chi connectivity index (χ0n) is 60.1. The minimum atomic E-state index is -3.23. The van der Waals surface area contributed by atoms with Gasteiger partial charge in [-0.3, -0.25) is 45.9 Å². The molecule has 0 amide bonds. The molecule has 8 aromatic heterocycles. The highest BCUT2D eigenvalue weighted by atomic mass is 32.2. The fourth-order valence-corrected chi connectivity index (χ4v) is 21.4. The highest BCUT2D eigenvalue weighted by Gasteiger charge is 2.29. The number of aliphatic hydroxyl groups is 1. The number of ketones is 1. The summed E-state index contributed by atoms with van der Waals surface area (Å²) in [4.78, 5) is 62.8. The Morgan fingerprint density at radius 2 is 0.954 bits per heavy atom. The molecule has 39 heteroatoms. The van der Waals surface area contributed by atoms with Crippen molar-refractivity contribution >= 4 is 151 Å². The van der Waals surface area contributed by atoms with Crippen LogP contribution in [-0.4, -0.2) is 239 Å². The number of thioether (sulfide) groups is 3. The second kappa shape index (κ2) is 37.5. The minimum Gasteiger partial charge on any atom is -0.490 e. The summed E-state index contributed by atoms with van der Waals surface area (Å²) in [6.45, 7) is 7.69. The lowest BCUT2D eigenvalue weighted by atomic mass is 10.2. The molecule has 7 aliphatic rings. The number of anilines is 4. The Balaban J connectivity index is 0.000000145. The van der Waals surface area contributed by atoms with E-state index in [1.807, 2.05) is 57.2 Å². The Hall–Kier alpha value is -7.05. The van der Waals surface area contributed by atoms with Crippen LogP contribution < -0.4 is 40.5 Å². The summed E-state index contributed by atoms with van der Waals surface area (Å²) in [6.07, 6.45) is 12.4. The van der Waals surface area contributed by atoms with E-state index >= 15 is 8.78 Å². The molecule has 0 aliphatic carbocycles. The first-order chi connectivity index (χ1) is 52.7. The third-order valence-corrected chi connectivity index (χ3v) is 27.7. The van der Waals surface area contributed by atoms with Crippen LogP contribution in [0, 0.1) is 11.6 Å². The fraction of sp³-hybridized carbons (Fsp3) is 0.529. The molecule has 109 heavy (non-hydrogen) atoms. The maximum absolute atomic E-state index is 15.0. The van der Waals surface area contributed by atoms with Gasteiger partial charge in [0.05, 0.1) is 42.4 Å². The molecular formula is C70H88F2N16O13S8. The van der Waals surface area contributed by atoms with Crippen LogP contribution >= 0.6 is 58.0 Å². The number of halogens is 2. The van der Waals surface area contributed by atoms with Crippen LogP contribution in [0.5, 0.6) is 11.5 Å². The SMILES string of the molecule is CS(=O)(=O)OC1CCSCC1.Nc1nc2c(sc(=O)n2CCN2CCN(c3ccc(OC4CCS(=O)CC4)cc3F)CC2)c2nc(-c3ccco3)nn12.Nc1nc2c(sc(=O)n2CCN2CCN(c3ccc(OC4CCS(=O)CC4)cc3F)CC2)c2nc(-c3ccco3)nn12.O=C1CCSCC1.OC1CCSCC1. The van der Waals surface area contributed by atoms with E-state index in [1.54, 1.807) is 58.1 Å². The summed E-state index contributed by atoms with van der Waals surface area (Å²) in [5.74, 6) is 11.8. The maximum atomic E-state index is 15.0. The molecule has 588 valence electrons. The first-order valence-electron chi connectivity index (χ1n) is 36.3. The predicted molar refractivity (Wildman–Crippen MR) is 429 cm³/mol. The van der Waals surface area contributed by atoms with Crippen molar-refractivity contribution in [3.8, 4) is 34.7 Å². The summed E-state index contributed by atoms with van der Waals surface area (Å²) in [7, 11) is -4.75. The molecule has 0 saturated carbocycles. The van der Waals surface area contributed by atoms with Crippen LogP contribution in [0.15, 0.2) is 91.6 Å². The summed E-state index contributed by atoms with van der Waals surface area (Å²) < 4.78 is 109. The number of Topliss-reactive ketones (excluding diaryl/α,β-unsaturated/α-hetero) is 1. The van der Waals surface area contributed by atoms with Crippen molar-refractivity contribution in [2.24, 2.45) is 0 Å². The van der Waals surface area contributed by atoms with Crippen molar-refractivity contribution in [3.05, 3.63) is 104 Å². The molecule has 0 atom stereocenters. The van der Waals surface area contributed by atoms with Crippen molar-refractivity contribution in [3.63, 3.8) is 0 Å². The maximum Gasteiger partial charge on any atom is 0.309 e. The van der Waals surface area contributed by atoms with Crippen molar-refractivity contribution in [2.75, 3.05) is 150 Å². The number of aliphatic hydroxyl groups excluding tert-OH is 1. The molecule has 15 heterocycles. The zero-order chi connectivity index (χ0) is 76.1. The van der Waals surface area contributed by atoms with E-state index in [2.05, 4.69) is 39.9 Å². The Morgan fingerprint density at radius 1 is 0.541 bits per heavy atom. The number of fused-ring (bicyclic) bond motifs is 6. The second-order valence-corrected chi connectivity index (χ2v) is 37.5. The van der Waals surface area contributed by atoms with Crippen molar-refractivity contribution < 1.29 is 58.0 Å². The average molecular weight is 1660 g/mol. The lowest BCUT2D eigenvalue weighted by Gasteiger charge is -2.36. The van der Waals surface area contributed by atoms with E-state index < -0.39 is 31.7 Å². The Kier molecular flexibility index (Phi) is 27.5. The molecular weight excluding hydrogens is 1570 g/mol. The number of carbonyl (C=O) groups excluding carboxylic acids is 1. The van der Waals surface area contributed by atoms with Gasteiger partial charge in [-0.05, 0) is 123 Å². The number of aromatic nitrogens is 10. The molecule has 17 rings (SSSR count). The number of benzene rings is 2. The number of ether oxygens (including phenoxy) is 2. The van der Waals surface area contributed by atoms with E-state index in [9.17, 15) is 31.2 Å². The molecule has 0 unspecified atom stereocenters. The van der Waals surface area contributed by atoms with Crippen LogP contribution in [0.1, 0.15) is 64.2 Å². The topological polar surface area (TPSA) is 355 Å². The number of nitrogen functional groups attached to an aromatic ring is 2. The van der Waals surface area contributed by atoms with Crippen molar-refractivity contribution in [1.82, 2.24) is 58.1 Å². The number of piperazine rings is 2. The van der Waals surface area contributed by atoms with Crippen LogP contribution in [0.4, 0.5) is 32.1 Å². The number of nitrogens with zero attached hydrogens (tertiary/aromatic N) is 14. The van der Waals surface area contributed by atoms with E-state index in [0.717, 1.165) is 154 Å². The Labute approximate surface area is 653 Å². The minimum absolute atomic E-state index is 0.0150. The number of hydrogen-bond acceptors (Lipinski definition) is 30. The van der Waals surface area contributed by atoms with E-state index in [-0.39, 0.29) is 57.7 Å². The Morgan fingerprint density at radius 3 is 1.31 bits per heavy atom. The third kappa shape index (κ3) is 21.2. The van der Waals surface area contributed by atoms with Gasteiger partial charge in [-0.2, -0.15) is 62.7 Å². The highest BCUT2D eigenvalue weighted by Crippen LogP contribution is 2.33.